The van der Waals surface area contributed by atoms with Gasteiger partial charge in [-0.15, -0.1) is 0 Å². The standard InChI is InChI=1S/C7H15BrN2O/c1-3-10(2)5-4-9-7(11)6-8/h3-6H2,1-2H3,(H,9,11). The van der Waals surface area contributed by atoms with E-state index in [-0.39, 0.29) is 5.91 Å². The number of halogens is 1. The smallest absolute Gasteiger partial charge is 0.230 e. The molecule has 0 rings (SSSR count). The lowest BCUT2D eigenvalue weighted by Crippen LogP contribution is -2.33. The van der Waals surface area contributed by atoms with Gasteiger partial charge in [0.1, 0.15) is 0 Å². The average Bonchev–Trinajstić information content (AvgIpc) is 2.04. The van der Waals surface area contributed by atoms with Gasteiger partial charge in [0.2, 0.25) is 5.91 Å². The molecule has 0 spiro atoms. The number of amides is 1. The van der Waals surface area contributed by atoms with E-state index in [1.165, 1.54) is 0 Å². The maximum Gasteiger partial charge on any atom is 0.230 e. The van der Waals surface area contributed by atoms with Crippen LogP contribution in [0.2, 0.25) is 0 Å². The van der Waals surface area contributed by atoms with E-state index in [1.54, 1.807) is 0 Å². The molecule has 0 bridgehead atoms. The average molecular weight is 223 g/mol. The van der Waals surface area contributed by atoms with Crippen molar-refractivity contribution in [2.24, 2.45) is 0 Å². The maximum atomic E-state index is 10.7. The monoisotopic (exact) mass is 222 g/mol. The van der Waals surface area contributed by atoms with E-state index >= 15 is 0 Å². The Morgan fingerprint density at radius 2 is 2.27 bits per heavy atom. The van der Waals surface area contributed by atoms with Gasteiger partial charge in [-0.25, -0.2) is 0 Å². The lowest BCUT2D eigenvalue weighted by molar-refractivity contribution is -0.118. The molecule has 0 atom stereocenters. The Hall–Kier alpha value is -0.0900. The fraction of sp³-hybridized carbons (Fsp3) is 0.857. The number of hydrogen-bond acceptors (Lipinski definition) is 2. The summed E-state index contributed by atoms with van der Waals surface area (Å²) in [5, 5.41) is 3.16. The third kappa shape index (κ3) is 6.31. The molecule has 1 amide bonds. The Labute approximate surface area is 76.3 Å². The number of carbonyl (C=O) groups excluding carboxylic acids is 1. The Morgan fingerprint density at radius 1 is 1.64 bits per heavy atom. The maximum absolute atomic E-state index is 10.7. The third-order valence-corrected chi connectivity index (χ3v) is 1.99. The fourth-order valence-electron chi connectivity index (χ4n) is 0.592. The van der Waals surface area contributed by atoms with Crippen LogP contribution in [0.15, 0.2) is 0 Å². The minimum absolute atomic E-state index is 0.0505. The molecule has 0 aromatic rings. The Balaban J connectivity index is 3.20. The van der Waals surface area contributed by atoms with E-state index in [0.29, 0.717) is 5.33 Å². The van der Waals surface area contributed by atoms with Gasteiger partial charge in [-0.05, 0) is 13.6 Å². The molecule has 0 fully saturated rings. The van der Waals surface area contributed by atoms with Crippen LogP contribution in [-0.2, 0) is 4.79 Å². The highest BCUT2D eigenvalue weighted by Gasteiger charge is 1.97. The molecule has 0 aliphatic carbocycles. The molecular weight excluding hydrogens is 208 g/mol. The Morgan fingerprint density at radius 3 is 2.73 bits per heavy atom. The first-order valence-corrected chi connectivity index (χ1v) is 4.84. The van der Waals surface area contributed by atoms with Gasteiger partial charge < -0.3 is 10.2 Å². The van der Waals surface area contributed by atoms with Crippen molar-refractivity contribution in [1.82, 2.24) is 10.2 Å². The zero-order valence-electron chi connectivity index (χ0n) is 7.06. The first-order valence-electron chi connectivity index (χ1n) is 3.72. The number of alkyl halides is 1. The molecule has 66 valence electrons. The highest BCUT2D eigenvalue weighted by atomic mass is 79.9. The third-order valence-electron chi connectivity index (χ3n) is 1.48. The summed E-state index contributed by atoms with van der Waals surface area (Å²) in [4.78, 5) is 12.9. The predicted octanol–water partition coefficient (Wildman–Crippen LogP) is 0.449. The van der Waals surface area contributed by atoms with Gasteiger partial charge in [0, 0.05) is 13.1 Å². The number of nitrogens with one attached hydrogen (secondary N) is 1. The molecule has 4 heteroatoms. The van der Waals surface area contributed by atoms with Gasteiger partial charge in [-0.2, -0.15) is 0 Å². The van der Waals surface area contributed by atoms with Crippen LogP contribution in [0, 0.1) is 0 Å². The summed E-state index contributed by atoms with van der Waals surface area (Å²) in [6.45, 7) is 4.75. The van der Waals surface area contributed by atoms with E-state index in [1.807, 2.05) is 7.05 Å². The van der Waals surface area contributed by atoms with Crippen molar-refractivity contribution in [2.75, 3.05) is 32.0 Å². The molecule has 0 saturated carbocycles. The number of likely N-dealkylation sites (N-methyl/N-ethyl adjacent to an activating group) is 1. The van der Waals surface area contributed by atoms with Crippen LogP contribution < -0.4 is 5.32 Å². The lowest BCUT2D eigenvalue weighted by Gasteiger charge is -2.13. The summed E-state index contributed by atoms with van der Waals surface area (Å²) in [6, 6.07) is 0. The molecule has 11 heavy (non-hydrogen) atoms. The Kier molecular flexibility index (Phi) is 6.56. The number of carbonyl (C=O) groups is 1. The summed E-state index contributed by atoms with van der Waals surface area (Å²) in [5.74, 6) is 0.0505. The van der Waals surface area contributed by atoms with Gasteiger partial charge in [0.05, 0.1) is 5.33 Å². The molecule has 0 aliphatic rings. The van der Waals surface area contributed by atoms with Crippen molar-refractivity contribution in [3.63, 3.8) is 0 Å². The molecule has 0 saturated heterocycles. The van der Waals surface area contributed by atoms with Crippen molar-refractivity contribution >= 4 is 21.8 Å². The van der Waals surface area contributed by atoms with Crippen LogP contribution in [0.5, 0.6) is 0 Å². The van der Waals surface area contributed by atoms with Crippen LogP contribution in [0.25, 0.3) is 0 Å². The van der Waals surface area contributed by atoms with Crippen LogP contribution in [-0.4, -0.2) is 42.8 Å². The van der Waals surface area contributed by atoms with Crippen molar-refractivity contribution in [1.29, 1.82) is 0 Å². The molecule has 0 heterocycles. The second-order valence-corrected chi connectivity index (χ2v) is 2.94. The lowest BCUT2D eigenvalue weighted by atomic mass is 10.5. The number of hydrogen-bond donors (Lipinski definition) is 1. The topological polar surface area (TPSA) is 32.3 Å². The van der Waals surface area contributed by atoms with Crippen molar-refractivity contribution in [3.8, 4) is 0 Å². The molecule has 0 aromatic heterocycles. The highest BCUT2D eigenvalue weighted by Crippen LogP contribution is 1.80. The van der Waals surface area contributed by atoms with E-state index in [2.05, 4.69) is 33.1 Å². The molecular formula is C7H15BrN2O. The van der Waals surface area contributed by atoms with E-state index in [4.69, 9.17) is 0 Å². The van der Waals surface area contributed by atoms with E-state index in [0.717, 1.165) is 19.6 Å². The van der Waals surface area contributed by atoms with E-state index in [9.17, 15) is 4.79 Å². The van der Waals surface area contributed by atoms with Crippen LogP contribution in [0.1, 0.15) is 6.92 Å². The predicted molar refractivity (Wildman–Crippen MR) is 50.0 cm³/mol. The minimum Gasteiger partial charge on any atom is -0.354 e. The largest absolute Gasteiger partial charge is 0.354 e. The Bertz CT molecular complexity index is 119. The second kappa shape index (κ2) is 6.61. The summed E-state index contributed by atoms with van der Waals surface area (Å²) in [6.07, 6.45) is 0. The van der Waals surface area contributed by atoms with Gasteiger partial charge >= 0.3 is 0 Å². The molecule has 1 N–H and O–H groups in total. The second-order valence-electron chi connectivity index (χ2n) is 2.38. The van der Waals surface area contributed by atoms with Gasteiger partial charge in [-0.3, -0.25) is 4.79 Å². The quantitative estimate of drug-likeness (QED) is 0.686. The zero-order chi connectivity index (χ0) is 8.69. The summed E-state index contributed by atoms with van der Waals surface area (Å²) < 4.78 is 0. The van der Waals surface area contributed by atoms with Gasteiger partial charge in [0.25, 0.3) is 0 Å². The summed E-state index contributed by atoms with van der Waals surface area (Å²) >= 11 is 3.07. The van der Waals surface area contributed by atoms with Crippen LogP contribution >= 0.6 is 15.9 Å². The molecule has 0 aliphatic heterocycles. The van der Waals surface area contributed by atoms with Crippen LogP contribution in [0.4, 0.5) is 0 Å². The van der Waals surface area contributed by atoms with Gasteiger partial charge in [-0.1, -0.05) is 22.9 Å². The minimum atomic E-state index is 0.0505. The normalized spacial score (nSPS) is 10.2. The van der Waals surface area contributed by atoms with Gasteiger partial charge in [0.15, 0.2) is 0 Å². The van der Waals surface area contributed by atoms with E-state index < -0.39 is 0 Å². The van der Waals surface area contributed by atoms with Crippen LogP contribution in [0.3, 0.4) is 0 Å². The SMILES string of the molecule is CCN(C)CCNC(=O)CBr. The first-order chi connectivity index (χ1) is 5.20. The molecule has 3 nitrogen and oxygen atoms in total. The molecule has 0 unspecified atom stereocenters. The zero-order valence-corrected chi connectivity index (χ0v) is 8.65. The molecule has 0 aromatic carbocycles. The summed E-state index contributed by atoms with van der Waals surface area (Å²) in [7, 11) is 2.03. The fourth-order valence-corrected chi connectivity index (χ4v) is 0.790. The molecule has 0 radical (unpaired) electrons. The number of rotatable bonds is 5. The highest BCUT2D eigenvalue weighted by molar-refractivity contribution is 9.09. The van der Waals surface area contributed by atoms with Crippen molar-refractivity contribution in [2.45, 2.75) is 6.92 Å². The summed E-state index contributed by atoms with van der Waals surface area (Å²) in [5.41, 5.74) is 0. The van der Waals surface area contributed by atoms with Crippen molar-refractivity contribution < 1.29 is 4.79 Å². The first kappa shape index (κ1) is 10.9. The number of nitrogens with zero attached hydrogens (tertiary/aromatic N) is 1. The van der Waals surface area contributed by atoms with Crippen molar-refractivity contribution in [3.05, 3.63) is 0 Å².